The molecule has 0 spiro atoms. The van der Waals surface area contributed by atoms with Gasteiger partial charge in [0.15, 0.2) is 0 Å². The van der Waals surface area contributed by atoms with Gasteiger partial charge in [0.25, 0.3) is 5.69 Å². The third-order valence-corrected chi connectivity index (χ3v) is 3.98. The first-order valence-corrected chi connectivity index (χ1v) is 7.12. The summed E-state index contributed by atoms with van der Waals surface area (Å²) in [6, 6.07) is 10.5. The number of methoxy groups -OCH3 is 1. The molecule has 1 N–H and O–H groups in total. The van der Waals surface area contributed by atoms with Crippen molar-refractivity contribution in [3.8, 4) is 5.75 Å². The molecule has 5 nitrogen and oxygen atoms in total. The number of nitro groups is 1. The molecule has 0 atom stereocenters. The summed E-state index contributed by atoms with van der Waals surface area (Å²) in [5.74, 6) is 0.624. The van der Waals surface area contributed by atoms with Gasteiger partial charge in [-0.25, -0.2) is 0 Å². The number of anilines is 1. The average molecular weight is 351 g/mol. The van der Waals surface area contributed by atoms with Crippen molar-refractivity contribution in [2.24, 2.45) is 0 Å². The molecule has 0 heterocycles. The summed E-state index contributed by atoms with van der Waals surface area (Å²) in [5, 5.41) is 14.1. The Morgan fingerprint density at radius 3 is 2.67 bits per heavy atom. The Morgan fingerprint density at radius 1 is 1.29 bits per heavy atom. The standard InChI is InChI=1S/C15H15BrN2O3/c1-10-3-4-12(8-14(10)16)17-9-11-7-13(18(19)20)5-6-15(11)21-2/h3-8,17H,9H2,1-2H3. The highest BCUT2D eigenvalue weighted by atomic mass is 79.9. The van der Waals surface area contributed by atoms with Crippen LogP contribution in [0, 0.1) is 17.0 Å². The summed E-state index contributed by atoms with van der Waals surface area (Å²) in [7, 11) is 1.55. The van der Waals surface area contributed by atoms with E-state index in [4.69, 9.17) is 4.74 Å². The van der Waals surface area contributed by atoms with Crippen LogP contribution in [0.1, 0.15) is 11.1 Å². The molecule has 6 heteroatoms. The maximum absolute atomic E-state index is 10.8. The number of hydrogen-bond donors (Lipinski definition) is 1. The van der Waals surface area contributed by atoms with Crippen molar-refractivity contribution in [3.05, 3.63) is 62.1 Å². The van der Waals surface area contributed by atoms with Crippen molar-refractivity contribution in [2.45, 2.75) is 13.5 Å². The SMILES string of the molecule is COc1ccc([N+](=O)[O-])cc1CNc1ccc(C)c(Br)c1. The number of nitrogens with zero attached hydrogens (tertiary/aromatic N) is 1. The maximum atomic E-state index is 10.8. The Hall–Kier alpha value is -2.08. The van der Waals surface area contributed by atoms with E-state index in [1.165, 1.54) is 12.1 Å². The van der Waals surface area contributed by atoms with Gasteiger partial charge in [-0.2, -0.15) is 0 Å². The van der Waals surface area contributed by atoms with E-state index in [9.17, 15) is 10.1 Å². The van der Waals surface area contributed by atoms with Gasteiger partial charge in [-0.05, 0) is 30.7 Å². The van der Waals surface area contributed by atoms with Gasteiger partial charge in [-0.15, -0.1) is 0 Å². The van der Waals surface area contributed by atoms with Gasteiger partial charge in [-0.1, -0.05) is 22.0 Å². The lowest BCUT2D eigenvalue weighted by atomic mass is 10.1. The van der Waals surface area contributed by atoms with E-state index in [2.05, 4.69) is 21.2 Å². The highest BCUT2D eigenvalue weighted by Crippen LogP contribution is 2.26. The fourth-order valence-electron chi connectivity index (χ4n) is 1.92. The molecule has 0 aliphatic carbocycles. The fraction of sp³-hybridized carbons (Fsp3) is 0.200. The van der Waals surface area contributed by atoms with Crippen LogP contribution in [0.5, 0.6) is 5.75 Å². The second-order valence-electron chi connectivity index (χ2n) is 4.57. The molecule has 0 saturated heterocycles. The number of aryl methyl sites for hydroxylation is 1. The van der Waals surface area contributed by atoms with Gasteiger partial charge in [-0.3, -0.25) is 10.1 Å². The van der Waals surface area contributed by atoms with Gasteiger partial charge < -0.3 is 10.1 Å². The third-order valence-electron chi connectivity index (χ3n) is 3.13. The maximum Gasteiger partial charge on any atom is 0.270 e. The smallest absolute Gasteiger partial charge is 0.270 e. The van der Waals surface area contributed by atoms with Crippen LogP contribution in [0.3, 0.4) is 0 Å². The van der Waals surface area contributed by atoms with Gasteiger partial charge in [0.05, 0.1) is 12.0 Å². The lowest BCUT2D eigenvalue weighted by Gasteiger charge is -2.11. The van der Waals surface area contributed by atoms with Crippen molar-refractivity contribution in [1.29, 1.82) is 0 Å². The minimum absolute atomic E-state index is 0.0534. The monoisotopic (exact) mass is 350 g/mol. The number of benzene rings is 2. The number of nitro benzene ring substituents is 1. The predicted octanol–water partition coefficient (Wildman–Crippen LogP) is 4.29. The zero-order chi connectivity index (χ0) is 15.4. The van der Waals surface area contributed by atoms with Gasteiger partial charge in [0, 0.05) is 34.4 Å². The molecule has 2 aromatic carbocycles. The Labute approximate surface area is 131 Å². The summed E-state index contributed by atoms with van der Waals surface area (Å²) >= 11 is 3.48. The highest BCUT2D eigenvalue weighted by Gasteiger charge is 2.11. The first kappa shape index (κ1) is 15.3. The molecule has 0 fully saturated rings. The average Bonchev–Trinajstić information content (AvgIpc) is 2.48. The minimum atomic E-state index is -0.411. The molecule has 2 aromatic rings. The van der Waals surface area contributed by atoms with E-state index in [0.717, 1.165) is 21.3 Å². The van der Waals surface area contributed by atoms with Gasteiger partial charge in [0.1, 0.15) is 5.75 Å². The van der Waals surface area contributed by atoms with Crippen LogP contribution in [0.4, 0.5) is 11.4 Å². The molecule has 0 radical (unpaired) electrons. The molecule has 0 saturated carbocycles. The van der Waals surface area contributed by atoms with Crippen LogP contribution < -0.4 is 10.1 Å². The Kier molecular flexibility index (Phi) is 4.80. The van der Waals surface area contributed by atoms with E-state index in [1.807, 2.05) is 25.1 Å². The summed E-state index contributed by atoms with van der Waals surface area (Å²) in [4.78, 5) is 10.4. The first-order valence-electron chi connectivity index (χ1n) is 6.32. The van der Waals surface area contributed by atoms with Crippen molar-refractivity contribution in [2.75, 3.05) is 12.4 Å². The number of non-ortho nitro benzene ring substituents is 1. The molecule has 0 unspecified atom stereocenters. The van der Waals surface area contributed by atoms with Crippen molar-refractivity contribution in [3.63, 3.8) is 0 Å². The topological polar surface area (TPSA) is 64.4 Å². The third kappa shape index (κ3) is 3.72. The normalized spacial score (nSPS) is 10.2. The number of rotatable bonds is 5. The molecule has 0 aliphatic rings. The van der Waals surface area contributed by atoms with Crippen LogP contribution in [0.15, 0.2) is 40.9 Å². The molecule has 110 valence electrons. The molecule has 0 bridgehead atoms. The van der Waals surface area contributed by atoms with E-state index < -0.39 is 4.92 Å². The van der Waals surface area contributed by atoms with Crippen LogP contribution in [0.2, 0.25) is 0 Å². The molecule has 21 heavy (non-hydrogen) atoms. The molecule has 0 aromatic heterocycles. The van der Waals surface area contributed by atoms with E-state index >= 15 is 0 Å². The largest absolute Gasteiger partial charge is 0.496 e. The van der Waals surface area contributed by atoms with Crippen molar-refractivity contribution < 1.29 is 9.66 Å². The van der Waals surface area contributed by atoms with E-state index in [1.54, 1.807) is 13.2 Å². The Morgan fingerprint density at radius 2 is 2.05 bits per heavy atom. The molecule has 2 rings (SSSR count). The summed E-state index contributed by atoms with van der Waals surface area (Å²) in [5.41, 5.74) is 2.87. The van der Waals surface area contributed by atoms with Crippen LogP contribution >= 0.6 is 15.9 Å². The predicted molar refractivity (Wildman–Crippen MR) is 85.9 cm³/mol. The number of halogens is 1. The minimum Gasteiger partial charge on any atom is -0.496 e. The molecule has 0 amide bonds. The molecular weight excluding hydrogens is 336 g/mol. The van der Waals surface area contributed by atoms with Crippen LogP contribution in [-0.4, -0.2) is 12.0 Å². The van der Waals surface area contributed by atoms with Crippen LogP contribution in [0.25, 0.3) is 0 Å². The molecular formula is C15H15BrN2O3. The summed E-state index contributed by atoms with van der Waals surface area (Å²) in [6.45, 7) is 2.46. The zero-order valence-electron chi connectivity index (χ0n) is 11.7. The van der Waals surface area contributed by atoms with Gasteiger partial charge >= 0.3 is 0 Å². The Bertz CT molecular complexity index is 674. The second-order valence-corrected chi connectivity index (χ2v) is 5.43. The number of hydrogen-bond acceptors (Lipinski definition) is 4. The Balaban J connectivity index is 2.19. The molecule has 0 aliphatic heterocycles. The van der Waals surface area contributed by atoms with Crippen molar-refractivity contribution >= 4 is 27.3 Å². The first-order chi connectivity index (χ1) is 10.0. The van der Waals surface area contributed by atoms with Crippen molar-refractivity contribution in [1.82, 2.24) is 0 Å². The summed E-state index contributed by atoms with van der Waals surface area (Å²) < 4.78 is 6.25. The highest BCUT2D eigenvalue weighted by molar-refractivity contribution is 9.10. The number of ether oxygens (including phenoxy) is 1. The summed E-state index contributed by atoms with van der Waals surface area (Å²) in [6.07, 6.45) is 0. The number of nitrogens with one attached hydrogen (secondary N) is 1. The lowest BCUT2D eigenvalue weighted by Crippen LogP contribution is -2.03. The van der Waals surface area contributed by atoms with E-state index in [0.29, 0.717) is 12.3 Å². The lowest BCUT2D eigenvalue weighted by molar-refractivity contribution is -0.384. The van der Waals surface area contributed by atoms with Crippen LogP contribution in [-0.2, 0) is 6.54 Å². The fourth-order valence-corrected chi connectivity index (χ4v) is 2.30. The zero-order valence-corrected chi connectivity index (χ0v) is 13.3. The second kappa shape index (κ2) is 6.58. The quantitative estimate of drug-likeness (QED) is 0.645. The van der Waals surface area contributed by atoms with Gasteiger partial charge in [0.2, 0.25) is 0 Å². The van der Waals surface area contributed by atoms with E-state index in [-0.39, 0.29) is 5.69 Å².